The highest BCUT2D eigenvalue weighted by Gasteiger charge is 2.09. The van der Waals surface area contributed by atoms with Crippen LogP contribution in [0.5, 0.6) is 0 Å². The van der Waals surface area contributed by atoms with Gasteiger partial charge in [0.2, 0.25) is 0 Å². The maximum absolute atomic E-state index is 3.54. The number of alkyl halides is 1. The van der Waals surface area contributed by atoms with E-state index in [-0.39, 0.29) is 0 Å². The number of unbranched alkanes of at least 4 members (excludes halogenated alkanes) is 1. The zero-order valence-corrected chi connectivity index (χ0v) is 10.4. The van der Waals surface area contributed by atoms with Crippen molar-refractivity contribution in [3.8, 4) is 0 Å². The first-order valence-electron chi connectivity index (χ1n) is 5.30. The average Bonchev–Trinajstić information content (AvgIpc) is 2.11. The summed E-state index contributed by atoms with van der Waals surface area (Å²) in [6.07, 6.45) is 6.95. The van der Waals surface area contributed by atoms with Crippen molar-refractivity contribution >= 4 is 15.9 Å². The van der Waals surface area contributed by atoms with E-state index in [4.69, 9.17) is 0 Å². The lowest BCUT2D eigenvalue weighted by Crippen LogP contribution is -2.06. The van der Waals surface area contributed by atoms with E-state index in [1.807, 2.05) is 0 Å². The fourth-order valence-electron chi connectivity index (χ4n) is 1.61. The zero-order valence-electron chi connectivity index (χ0n) is 8.78. The molecule has 0 nitrogen and oxygen atoms in total. The number of hydrogen-bond acceptors (Lipinski definition) is 0. The second kappa shape index (κ2) is 8.10. The molecule has 0 N–H and O–H groups in total. The summed E-state index contributed by atoms with van der Waals surface area (Å²) >= 11 is 3.54. The van der Waals surface area contributed by atoms with Gasteiger partial charge in [-0.2, -0.15) is 0 Å². The minimum absolute atomic E-state index is 0.854. The Balaban J connectivity index is 3.51. The predicted molar refractivity (Wildman–Crippen MR) is 60.9 cm³/mol. The molecule has 0 aromatic carbocycles. The van der Waals surface area contributed by atoms with Gasteiger partial charge < -0.3 is 0 Å². The summed E-state index contributed by atoms with van der Waals surface area (Å²) in [5.74, 6) is 1.82. The molecule has 0 amide bonds. The average molecular weight is 235 g/mol. The maximum atomic E-state index is 3.54. The Morgan fingerprint density at radius 3 is 2.33 bits per heavy atom. The molecular weight excluding hydrogens is 212 g/mol. The summed E-state index contributed by atoms with van der Waals surface area (Å²) in [6, 6.07) is 0. The standard InChI is InChI=1S/C11H23Br/c1-4-6-7-11(5-2)8-10(3)9-12/h10-11H,4-9H2,1-3H3. The lowest BCUT2D eigenvalue weighted by atomic mass is 9.90. The maximum Gasteiger partial charge on any atom is 0.00571 e. The van der Waals surface area contributed by atoms with Crippen LogP contribution in [-0.2, 0) is 0 Å². The lowest BCUT2D eigenvalue weighted by molar-refractivity contribution is 0.370. The number of hydrogen-bond donors (Lipinski definition) is 0. The first-order valence-corrected chi connectivity index (χ1v) is 6.42. The Hall–Kier alpha value is 0.480. The summed E-state index contributed by atoms with van der Waals surface area (Å²) in [5.41, 5.74) is 0. The van der Waals surface area contributed by atoms with Gasteiger partial charge in [0.25, 0.3) is 0 Å². The van der Waals surface area contributed by atoms with E-state index in [9.17, 15) is 0 Å². The molecule has 1 heteroatoms. The van der Waals surface area contributed by atoms with Gasteiger partial charge in [0, 0.05) is 5.33 Å². The molecule has 0 saturated heterocycles. The summed E-state index contributed by atoms with van der Waals surface area (Å²) in [5, 5.41) is 1.16. The van der Waals surface area contributed by atoms with Gasteiger partial charge in [-0.1, -0.05) is 62.4 Å². The van der Waals surface area contributed by atoms with Crippen LogP contribution < -0.4 is 0 Å². The summed E-state index contributed by atoms with van der Waals surface area (Å²) < 4.78 is 0. The molecule has 0 heterocycles. The van der Waals surface area contributed by atoms with E-state index in [1.54, 1.807) is 0 Å². The van der Waals surface area contributed by atoms with Gasteiger partial charge >= 0.3 is 0 Å². The van der Waals surface area contributed by atoms with E-state index in [1.165, 1.54) is 32.1 Å². The van der Waals surface area contributed by atoms with Crippen molar-refractivity contribution in [3.63, 3.8) is 0 Å². The Morgan fingerprint density at radius 1 is 1.25 bits per heavy atom. The third kappa shape index (κ3) is 6.05. The van der Waals surface area contributed by atoms with Crippen LogP contribution in [0.15, 0.2) is 0 Å². The smallest absolute Gasteiger partial charge is 0.00571 e. The van der Waals surface area contributed by atoms with Gasteiger partial charge in [0.1, 0.15) is 0 Å². The van der Waals surface area contributed by atoms with Crippen LogP contribution in [0, 0.1) is 11.8 Å². The minimum Gasteiger partial charge on any atom is -0.0925 e. The molecule has 0 aliphatic heterocycles. The molecule has 0 aromatic rings. The summed E-state index contributed by atoms with van der Waals surface area (Å²) in [4.78, 5) is 0. The van der Waals surface area contributed by atoms with Gasteiger partial charge in [-0.15, -0.1) is 0 Å². The highest BCUT2D eigenvalue weighted by molar-refractivity contribution is 9.09. The van der Waals surface area contributed by atoms with Crippen LogP contribution in [-0.4, -0.2) is 5.33 Å². The number of rotatable bonds is 7. The van der Waals surface area contributed by atoms with Gasteiger partial charge in [-0.25, -0.2) is 0 Å². The van der Waals surface area contributed by atoms with Crippen LogP contribution in [0.1, 0.15) is 52.9 Å². The Morgan fingerprint density at radius 2 is 1.92 bits per heavy atom. The first-order chi connectivity index (χ1) is 5.74. The molecule has 0 saturated carbocycles. The Kier molecular flexibility index (Phi) is 8.42. The molecule has 0 aliphatic rings. The van der Waals surface area contributed by atoms with E-state index >= 15 is 0 Å². The SMILES string of the molecule is CCCCC(CC)CC(C)CBr. The van der Waals surface area contributed by atoms with Crippen LogP contribution in [0.4, 0.5) is 0 Å². The quantitative estimate of drug-likeness (QED) is 0.564. The molecule has 2 unspecified atom stereocenters. The highest BCUT2D eigenvalue weighted by Crippen LogP contribution is 2.22. The van der Waals surface area contributed by atoms with E-state index < -0.39 is 0 Å². The lowest BCUT2D eigenvalue weighted by Gasteiger charge is -2.17. The van der Waals surface area contributed by atoms with Crippen molar-refractivity contribution in [2.75, 3.05) is 5.33 Å². The second-order valence-corrected chi connectivity index (χ2v) is 4.56. The molecule has 2 atom stereocenters. The molecule has 0 bridgehead atoms. The van der Waals surface area contributed by atoms with Crippen LogP contribution >= 0.6 is 15.9 Å². The minimum atomic E-state index is 0.854. The normalized spacial score (nSPS) is 16.0. The Bertz CT molecular complexity index is 91.0. The fraction of sp³-hybridized carbons (Fsp3) is 1.00. The van der Waals surface area contributed by atoms with Crippen LogP contribution in [0.2, 0.25) is 0 Å². The highest BCUT2D eigenvalue weighted by atomic mass is 79.9. The molecule has 0 aromatic heterocycles. The van der Waals surface area contributed by atoms with Crippen molar-refractivity contribution < 1.29 is 0 Å². The van der Waals surface area contributed by atoms with Crippen LogP contribution in [0.3, 0.4) is 0 Å². The first kappa shape index (κ1) is 12.5. The van der Waals surface area contributed by atoms with Crippen molar-refractivity contribution in [1.29, 1.82) is 0 Å². The molecule has 0 rings (SSSR count). The van der Waals surface area contributed by atoms with Gasteiger partial charge in [0.05, 0.1) is 0 Å². The Labute approximate surface area is 86.3 Å². The second-order valence-electron chi connectivity index (χ2n) is 3.91. The van der Waals surface area contributed by atoms with Crippen molar-refractivity contribution in [1.82, 2.24) is 0 Å². The predicted octanol–water partition coefficient (Wildman–Crippen LogP) is 4.62. The largest absolute Gasteiger partial charge is 0.0925 e. The summed E-state index contributed by atoms with van der Waals surface area (Å²) in [6.45, 7) is 6.94. The van der Waals surface area contributed by atoms with Crippen LogP contribution in [0.25, 0.3) is 0 Å². The van der Waals surface area contributed by atoms with Crippen molar-refractivity contribution in [2.45, 2.75) is 52.9 Å². The van der Waals surface area contributed by atoms with Crippen molar-refractivity contribution in [3.05, 3.63) is 0 Å². The molecule has 0 fully saturated rings. The molecule has 0 radical (unpaired) electrons. The number of halogens is 1. The topological polar surface area (TPSA) is 0 Å². The fourth-order valence-corrected chi connectivity index (χ4v) is 1.88. The van der Waals surface area contributed by atoms with E-state index in [0.717, 1.165) is 17.2 Å². The monoisotopic (exact) mass is 234 g/mol. The third-order valence-electron chi connectivity index (χ3n) is 2.54. The summed E-state index contributed by atoms with van der Waals surface area (Å²) in [7, 11) is 0. The molecular formula is C11H23Br. The molecule has 12 heavy (non-hydrogen) atoms. The molecule has 0 spiro atoms. The molecule has 74 valence electrons. The van der Waals surface area contributed by atoms with Crippen molar-refractivity contribution in [2.24, 2.45) is 11.8 Å². The van der Waals surface area contributed by atoms with Gasteiger partial charge in [-0.3, -0.25) is 0 Å². The van der Waals surface area contributed by atoms with E-state index in [2.05, 4.69) is 36.7 Å². The van der Waals surface area contributed by atoms with Gasteiger partial charge in [0.15, 0.2) is 0 Å². The van der Waals surface area contributed by atoms with E-state index in [0.29, 0.717) is 0 Å². The third-order valence-corrected chi connectivity index (χ3v) is 3.65. The van der Waals surface area contributed by atoms with Gasteiger partial charge in [-0.05, 0) is 18.3 Å². The molecule has 0 aliphatic carbocycles. The zero-order chi connectivity index (χ0) is 9.40.